The van der Waals surface area contributed by atoms with Gasteiger partial charge in [0.2, 0.25) is 0 Å². The van der Waals surface area contributed by atoms with Gasteiger partial charge in [0.15, 0.2) is 5.69 Å². The monoisotopic (exact) mass is 243 g/mol. The Hall–Kier alpha value is -2.43. The lowest BCUT2D eigenvalue weighted by molar-refractivity contribution is 0.0993. The Labute approximate surface area is 105 Å². The summed E-state index contributed by atoms with van der Waals surface area (Å²) in [5.74, 6) is 0.230. The molecule has 92 valence electrons. The topological polar surface area (TPSA) is 78.1 Å². The number of primary amides is 1. The molecular formula is C13H13N3O2. The molecular weight excluding hydrogens is 230 g/mol. The van der Waals surface area contributed by atoms with Crippen LogP contribution in [0, 0.1) is 0 Å². The molecule has 2 N–H and O–H groups in total. The number of amides is 1. The largest absolute Gasteiger partial charge is 0.497 e. The van der Waals surface area contributed by atoms with Crippen LogP contribution in [-0.4, -0.2) is 23.2 Å². The summed E-state index contributed by atoms with van der Waals surface area (Å²) in [5, 5.41) is 7.42. The van der Waals surface area contributed by atoms with E-state index in [0.29, 0.717) is 6.42 Å². The number of carbonyl (C=O) groups is 1. The summed E-state index contributed by atoms with van der Waals surface area (Å²) in [7, 11) is 1.62. The molecule has 1 aromatic carbocycles. The number of rotatable bonds is 4. The fourth-order valence-electron chi connectivity index (χ4n) is 1.67. The van der Waals surface area contributed by atoms with Crippen molar-refractivity contribution in [3.63, 3.8) is 0 Å². The number of aromatic nitrogens is 2. The molecule has 0 radical (unpaired) electrons. The van der Waals surface area contributed by atoms with Crippen molar-refractivity contribution in [2.75, 3.05) is 7.11 Å². The van der Waals surface area contributed by atoms with Gasteiger partial charge in [0.05, 0.1) is 7.11 Å². The third-order valence-electron chi connectivity index (χ3n) is 2.59. The van der Waals surface area contributed by atoms with Crippen molar-refractivity contribution >= 4 is 5.91 Å². The number of methoxy groups -OCH3 is 1. The van der Waals surface area contributed by atoms with Crippen LogP contribution in [-0.2, 0) is 6.42 Å². The molecule has 5 heteroatoms. The van der Waals surface area contributed by atoms with E-state index in [-0.39, 0.29) is 5.69 Å². The highest BCUT2D eigenvalue weighted by Crippen LogP contribution is 2.15. The second kappa shape index (κ2) is 5.27. The van der Waals surface area contributed by atoms with Crippen LogP contribution in [0.25, 0.3) is 0 Å². The predicted octanol–water partition coefficient (Wildman–Crippen LogP) is 1.17. The van der Waals surface area contributed by atoms with Gasteiger partial charge in [-0.15, -0.1) is 5.10 Å². The molecule has 0 aliphatic heterocycles. The zero-order valence-electron chi connectivity index (χ0n) is 9.96. The van der Waals surface area contributed by atoms with Crippen LogP contribution in [0.5, 0.6) is 5.75 Å². The van der Waals surface area contributed by atoms with E-state index in [2.05, 4.69) is 10.2 Å². The first-order valence-corrected chi connectivity index (χ1v) is 5.44. The van der Waals surface area contributed by atoms with Gasteiger partial charge in [0, 0.05) is 6.20 Å². The lowest BCUT2D eigenvalue weighted by Crippen LogP contribution is -2.16. The quantitative estimate of drug-likeness (QED) is 0.874. The minimum atomic E-state index is -0.563. The number of ether oxygens (including phenoxy) is 1. The van der Waals surface area contributed by atoms with E-state index in [0.717, 1.165) is 16.9 Å². The second-order valence-electron chi connectivity index (χ2n) is 3.79. The van der Waals surface area contributed by atoms with Gasteiger partial charge in [-0.2, -0.15) is 5.10 Å². The Morgan fingerprint density at radius 2 is 2.00 bits per heavy atom. The van der Waals surface area contributed by atoms with E-state index in [1.807, 2.05) is 24.3 Å². The fraction of sp³-hybridized carbons (Fsp3) is 0.154. The molecule has 0 fully saturated rings. The number of benzene rings is 1. The van der Waals surface area contributed by atoms with Gasteiger partial charge in [0.1, 0.15) is 5.75 Å². The first-order chi connectivity index (χ1) is 8.70. The van der Waals surface area contributed by atoms with E-state index in [9.17, 15) is 4.79 Å². The van der Waals surface area contributed by atoms with E-state index < -0.39 is 5.91 Å². The van der Waals surface area contributed by atoms with Gasteiger partial charge in [-0.3, -0.25) is 4.79 Å². The van der Waals surface area contributed by atoms with Crippen molar-refractivity contribution in [2.24, 2.45) is 5.73 Å². The van der Waals surface area contributed by atoms with Crippen LogP contribution >= 0.6 is 0 Å². The molecule has 0 aliphatic rings. The molecule has 5 nitrogen and oxygen atoms in total. The molecule has 0 atom stereocenters. The number of hydrogen-bond acceptors (Lipinski definition) is 4. The van der Waals surface area contributed by atoms with Crippen LogP contribution in [0.15, 0.2) is 36.5 Å². The van der Waals surface area contributed by atoms with Crippen molar-refractivity contribution < 1.29 is 9.53 Å². The van der Waals surface area contributed by atoms with Gasteiger partial charge in [-0.25, -0.2) is 0 Å². The van der Waals surface area contributed by atoms with Crippen molar-refractivity contribution in [3.05, 3.63) is 53.3 Å². The Balaban J connectivity index is 2.25. The highest BCUT2D eigenvalue weighted by molar-refractivity contribution is 5.92. The molecule has 2 rings (SSSR count). The van der Waals surface area contributed by atoms with Crippen LogP contribution in [0.4, 0.5) is 0 Å². The molecule has 2 aromatic rings. The molecule has 0 saturated carbocycles. The average molecular weight is 243 g/mol. The zero-order chi connectivity index (χ0) is 13.0. The first kappa shape index (κ1) is 12.0. The third kappa shape index (κ3) is 2.63. The van der Waals surface area contributed by atoms with Gasteiger partial charge >= 0.3 is 0 Å². The Bertz CT molecular complexity index is 552. The highest BCUT2D eigenvalue weighted by Gasteiger charge is 2.10. The molecule has 0 saturated heterocycles. The maximum absolute atomic E-state index is 11.2. The van der Waals surface area contributed by atoms with Crippen LogP contribution in [0.3, 0.4) is 0 Å². The van der Waals surface area contributed by atoms with Gasteiger partial charge in [-0.1, -0.05) is 12.1 Å². The van der Waals surface area contributed by atoms with Crippen molar-refractivity contribution in [2.45, 2.75) is 6.42 Å². The van der Waals surface area contributed by atoms with Crippen molar-refractivity contribution in [3.8, 4) is 5.75 Å². The van der Waals surface area contributed by atoms with Gasteiger partial charge < -0.3 is 10.5 Å². The highest BCUT2D eigenvalue weighted by atomic mass is 16.5. The summed E-state index contributed by atoms with van der Waals surface area (Å²) in [5.41, 5.74) is 7.28. The normalized spacial score (nSPS) is 10.1. The molecule has 0 unspecified atom stereocenters. The summed E-state index contributed by atoms with van der Waals surface area (Å²) >= 11 is 0. The predicted molar refractivity (Wildman–Crippen MR) is 66.3 cm³/mol. The molecule has 0 spiro atoms. The number of nitrogens with two attached hydrogens (primary N) is 1. The van der Waals surface area contributed by atoms with E-state index in [4.69, 9.17) is 10.5 Å². The van der Waals surface area contributed by atoms with Crippen LogP contribution in [0.1, 0.15) is 21.6 Å². The van der Waals surface area contributed by atoms with Crippen LogP contribution in [0.2, 0.25) is 0 Å². The first-order valence-electron chi connectivity index (χ1n) is 5.44. The van der Waals surface area contributed by atoms with Crippen LogP contribution < -0.4 is 10.5 Å². The van der Waals surface area contributed by atoms with E-state index >= 15 is 0 Å². The molecule has 1 heterocycles. The van der Waals surface area contributed by atoms with Gasteiger partial charge in [0.25, 0.3) is 5.91 Å². The van der Waals surface area contributed by atoms with Gasteiger partial charge in [-0.05, 0) is 35.7 Å². The Kier molecular flexibility index (Phi) is 3.52. The summed E-state index contributed by atoms with van der Waals surface area (Å²) in [6.45, 7) is 0. The van der Waals surface area contributed by atoms with Crippen molar-refractivity contribution in [1.82, 2.24) is 10.2 Å². The molecule has 0 aliphatic carbocycles. The lowest BCUT2D eigenvalue weighted by atomic mass is 10.0. The molecule has 18 heavy (non-hydrogen) atoms. The molecule has 0 bridgehead atoms. The second-order valence-corrected chi connectivity index (χ2v) is 3.79. The summed E-state index contributed by atoms with van der Waals surface area (Å²) < 4.78 is 5.08. The maximum atomic E-state index is 11.2. The SMILES string of the molecule is COc1ccc(Cc2ccnnc2C(N)=O)cc1. The summed E-state index contributed by atoms with van der Waals surface area (Å²) in [4.78, 5) is 11.2. The van der Waals surface area contributed by atoms with E-state index in [1.165, 1.54) is 0 Å². The van der Waals surface area contributed by atoms with E-state index in [1.54, 1.807) is 19.4 Å². The fourth-order valence-corrected chi connectivity index (χ4v) is 1.67. The number of hydrogen-bond donors (Lipinski definition) is 1. The number of carbonyl (C=O) groups excluding carboxylic acids is 1. The Morgan fingerprint density at radius 1 is 1.28 bits per heavy atom. The Morgan fingerprint density at radius 3 is 2.61 bits per heavy atom. The third-order valence-corrected chi connectivity index (χ3v) is 2.59. The van der Waals surface area contributed by atoms with Crippen molar-refractivity contribution in [1.29, 1.82) is 0 Å². The number of nitrogens with zero attached hydrogens (tertiary/aromatic N) is 2. The minimum absolute atomic E-state index is 0.216. The standard InChI is InChI=1S/C13H13N3O2/c1-18-11-4-2-9(3-5-11)8-10-6-7-15-16-12(10)13(14)17/h2-7H,8H2,1H3,(H2,14,17). The summed E-state index contributed by atoms with van der Waals surface area (Å²) in [6, 6.07) is 9.35. The molecule has 1 aromatic heterocycles. The average Bonchev–Trinajstić information content (AvgIpc) is 2.40. The smallest absolute Gasteiger partial charge is 0.269 e. The summed E-state index contributed by atoms with van der Waals surface area (Å²) in [6.07, 6.45) is 2.13. The zero-order valence-corrected chi connectivity index (χ0v) is 9.96. The maximum Gasteiger partial charge on any atom is 0.269 e. The molecule has 1 amide bonds. The minimum Gasteiger partial charge on any atom is -0.497 e. The lowest BCUT2D eigenvalue weighted by Gasteiger charge is -2.06.